The fraction of sp³-hybridized carbons (Fsp3) is 0.111. The summed E-state index contributed by atoms with van der Waals surface area (Å²) in [4.78, 5) is 23.8. The molecule has 27 heavy (non-hydrogen) atoms. The number of aromatic nitrogens is 3. The summed E-state index contributed by atoms with van der Waals surface area (Å²) in [7, 11) is 0. The van der Waals surface area contributed by atoms with Crippen molar-refractivity contribution < 1.29 is 18.7 Å². The standard InChI is InChI=1S/C18H16FN5O3/c19-13-8-4-5-9-14(13)26-11-16(25)27-10-15-22-17(20)24-18(23-15)21-12-6-2-1-3-7-12/h1-9H,10-11H2,(H3,20,21,22,23,24). The number of esters is 1. The van der Waals surface area contributed by atoms with Gasteiger partial charge in [-0.15, -0.1) is 0 Å². The molecule has 3 aromatic rings. The number of hydrogen-bond acceptors (Lipinski definition) is 8. The molecule has 3 N–H and O–H groups in total. The summed E-state index contributed by atoms with van der Waals surface area (Å²) in [6.07, 6.45) is 0. The predicted octanol–water partition coefficient (Wildman–Crippen LogP) is 2.46. The molecule has 0 radical (unpaired) electrons. The van der Waals surface area contributed by atoms with Crippen molar-refractivity contribution >= 4 is 23.6 Å². The third-order valence-electron chi connectivity index (χ3n) is 3.27. The minimum Gasteiger partial charge on any atom is -0.479 e. The van der Waals surface area contributed by atoms with Gasteiger partial charge in [-0.2, -0.15) is 15.0 Å². The second kappa shape index (κ2) is 8.56. The van der Waals surface area contributed by atoms with Crippen molar-refractivity contribution in [1.29, 1.82) is 0 Å². The van der Waals surface area contributed by atoms with Crippen LogP contribution in [0.3, 0.4) is 0 Å². The van der Waals surface area contributed by atoms with Crippen molar-refractivity contribution in [1.82, 2.24) is 15.0 Å². The van der Waals surface area contributed by atoms with E-state index in [0.717, 1.165) is 5.69 Å². The number of para-hydroxylation sites is 2. The van der Waals surface area contributed by atoms with Crippen molar-refractivity contribution in [2.75, 3.05) is 17.7 Å². The molecular weight excluding hydrogens is 353 g/mol. The number of carbonyl (C=O) groups excluding carboxylic acids is 1. The Hall–Kier alpha value is -3.75. The summed E-state index contributed by atoms with van der Waals surface area (Å²) in [5, 5.41) is 2.98. The monoisotopic (exact) mass is 369 g/mol. The highest BCUT2D eigenvalue weighted by Crippen LogP contribution is 2.15. The zero-order chi connectivity index (χ0) is 19.1. The number of rotatable bonds is 7. The van der Waals surface area contributed by atoms with Crippen molar-refractivity contribution in [3.8, 4) is 5.75 Å². The van der Waals surface area contributed by atoms with Gasteiger partial charge in [0.1, 0.15) is 0 Å². The van der Waals surface area contributed by atoms with Crippen molar-refractivity contribution in [2.45, 2.75) is 6.61 Å². The van der Waals surface area contributed by atoms with Gasteiger partial charge in [0.05, 0.1) is 0 Å². The van der Waals surface area contributed by atoms with Gasteiger partial charge in [0.25, 0.3) is 0 Å². The maximum atomic E-state index is 13.4. The Bertz CT molecular complexity index is 924. The molecule has 0 spiro atoms. The first kappa shape index (κ1) is 18.1. The van der Waals surface area contributed by atoms with E-state index >= 15 is 0 Å². The van der Waals surface area contributed by atoms with Crippen LogP contribution in [0.1, 0.15) is 5.82 Å². The van der Waals surface area contributed by atoms with E-state index in [2.05, 4.69) is 20.3 Å². The minimum absolute atomic E-state index is 0.0166. The van der Waals surface area contributed by atoms with Crippen LogP contribution in [0.25, 0.3) is 0 Å². The van der Waals surface area contributed by atoms with E-state index in [0.29, 0.717) is 0 Å². The number of benzene rings is 2. The van der Waals surface area contributed by atoms with Gasteiger partial charge in [-0.1, -0.05) is 30.3 Å². The second-order valence-electron chi connectivity index (χ2n) is 5.30. The van der Waals surface area contributed by atoms with Crippen LogP contribution in [0.15, 0.2) is 54.6 Å². The fourth-order valence-corrected chi connectivity index (χ4v) is 2.09. The molecule has 2 aromatic carbocycles. The molecule has 0 aliphatic carbocycles. The molecule has 138 valence electrons. The van der Waals surface area contributed by atoms with Crippen LogP contribution >= 0.6 is 0 Å². The Labute approximate surface area is 154 Å². The number of nitrogens with two attached hydrogens (primary N) is 1. The molecule has 0 bridgehead atoms. The summed E-state index contributed by atoms with van der Waals surface area (Å²) in [6.45, 7) is -0.674. The van der Waals surface area contributed by atoms with E-state index in [1.807, 2.05) is 30.3 Å². The lowest BCUT2D eigenvalue weighted by Crippen LogP contribution is -2.16. The topological polar surface area (TPSA) is 112 Å². The molecule has 0 fully saturated rings. The highest BCUT2D eigenvalue weighted by atomic mass is 19.1. The van der Waals surface area contributed by atoms with Crippen LogP contribution in [0.4, 0.5) is 22.0 Å². The first-order valence-corrected chi connectivity index (χ1v) is 7.95. The van der Waals surface area contributed by atoms with E-state index in [1.54, 1.807) is 6.07 Å². The minimum atomic E-state index is -0.699. The molecule has 1 heterocycles. The lowest BCUT2D eigenvalue weighted by Gasteiger charge is -2.09. The zero-order valence-corrected chi connectivity index (χ0v) is 14.1. The highest BCUT2D eigenvalue weighted by molar-refractivity contribution is 5.71. The van der Waals surface area contributed by atoms with E-state index in [-0.39, 0.29) is 30.1 Å². The summed E-state index contributed by atoms with van der Waals surface area (Å²) in [6, 6.07) is 15.0. The van der Waals surface area contributed by atoms with Crippen LogP contribution in [0, 0.1) is 5.82 Å². The number of carbonyl (C=O) groups is 1. The molecule has 8 nitrogen and oxygen atoms in total. The summed E-state index contributed by atoms with van der Waals surface area (Å²) >= 11 is 0. The highest BCUT2D eigenvalue weighted by Gasteiger charge is 2.10. The number of nitrogens with one attached hydrogen (secondary N) is 1. The number of ether oxygens (including phenoxy) is 2. The normalized spacial score (nSPS) is 10.3. The van der Waals surface area contributed by atoms with E-state index in [4.69, 9.17) is 15.2 Å². The summed E-state index contributed by atoms with van der Waals surface area (Å²) < 4.78 is 23.5. The van der Waals surface area contributed by atoms with Crippen LogP contribution in [0.2, 0.25) is 0 Å². The summed E-state index contributed by atoms with van der Waals surface area (Å²) in [5.41, 5.74) is 6.43. The molecular formula is C18H16FN5O3. The molecule has 0 aliphatic rings. The predicted molar refractivity (Wildman–Crippen MR) is 95.7 cm³/mol. The first-order valence-electron chi connectivity index (χ1n) is 7.95. The third-order valence-corrected chi connectivity index (χ3v) is 3.27. The maximum Gasteiger partial charge on any atom is 0.344 e. The summed E-state index contributed by atoms with van der Waals surface area (Å²) in [5.74, 6) is -0.921. The lowest BCUT2D eigenvalue weighted by atomic mass is 10.3. The molecule has 0 unspecified atom stereocenters. The van der Waals surface area contributed by atoms with Crippen molar-refractivity contribution in [3.05, 3.63) is 66.2 Å². The molecule has 9 heteroatoms. The Balaban J connectivity index is 1.55. The van der Waals surface area contributed by atoms with Gasteiger partial charge in [-0.25, -0.2) is 9.18 Å². The Morgan fingerprint density at radius 2 is 1.78 bits per heavy atom. The molecule has 0 saturated carbocycles. The van der Waals surface area contributed by atoms with Crippen LogP contribution in [-0.4, -0.2) is 27.5 Å². The Morgan fingerprint density at radius 3 is 2.56 bits per heavy atom. The van der Waals surface area contributed by atoms with Gasteiger partial charge < -0.3 is 20.5 Å². The average Bonchev–Trinajstić information content (AvgIpc) is 2.66. The molecule has 0 saturated heterocycles. The van der Waals surface area contributed by atoms with Crippen molar-refractivity contribution in [2.24, 2.45) is 0 Å². The number of nitrogens with zero attached hydrogens (tertiary/aromatic N) is 3. The van der Waals surface area contributed by atoms with Crippen molar-refractivity contribution in [3.63, 3.8) is 0 Å². The van der Waals surface area contributed by atoms with E-state index in [9.17, 15) is 9.18 Å². The lowest BCUT2D eigenvalue weighted by molar-refractivity contribution is -0.147. The molecule has 0 atom stereocenters. The SMILES string of the molecule is Nc1nc(COC(=O)COc2ccccc2F)nc(Nc2ccccc2)n1. The number of anilines is 3. The van der Waals surface area contributed by atoms with Crippen LogP contribution in [0.5, 0.6) is 5.75 Å². The quantitative estimate of drug-likeness (QED) is 0.611. The van der Waals surface area contributed by atoms with Gasteiger partial charge in [-0.05, 0) is 24.3 Å². The number of halogens is 1. The largest absolute Gasteiger partial charge is 0.479 e. The van der Waals surface area contributed by atoms with Gasteiger partial charge in [0, 0.05) is 5.69 Å². The van der Waals surface area contributed by atoms with Crippen LogP contribution < -0.4 is 15.8 Å². The Morgan fingerprint density at radius 1 is 1.04 bits per heavy atom. The molecule has 3 rings (SSSR count). The first-order chi connectivity index (χ1) is 13.1. The molecule has 1 aromatic heterocycles. The third kappa shape index (κ3) is 5.36. The average molecular weight is 369 g/mol. The maximum absolute atomic E-state index is 13.4. The van der Waals surface area contributed by atoms with Crippen LogP contribution in [-0.2, 0) is 16.1 Å². The molecule has 0 aliphatic heterocycles. The second-order valence-corrected chi connectivity index (χ2v) is 5.30. The van der Waals surface area contributed by atoms with Gasteiger partial charge >= 0.3 is 5.97 Å². The van der Waals surface area contributed by atoms with E-state index in [1.165, 1.54) is 18.2 Å². The van der Waals surface area contributed by atoms with Gasteiger partial charge in [0.15, 0.2) is 30.6 Å². The fourth-order valence-electron chi connectivity index (χ4n) is 2.09. The number of nitrogen functional groups attached to an aromatic ring is 1. The Kier molecular flexibility index (Phi) is 5.73. The van der Waals surface area contributed by atoms with Gasteiger partial charge in [-0.3, -0.25) is 0 Å². The van der Waals surface area contributed by atoms with Gasteiger partial charge in [0.2, 0.25) is 11.9 Å². The zero-order valence-electron chi connectivity index (χ0n) is 14.1. The molecule has 0 amide bonds. The number of hydrogen-bond donors (Lipinski definition) is 2. The van der Waals surface area contributed by atoms with E-state index < -0.39 is 18.4 Å². The smallest absolute Gasteiger partial charge is 0.344 e.